The van der Waals surface area contributed by atoms with Crippen LogP contribution in [0.5, 0.6) is 0 Å². The van der Waals surface area contributed by atoms with Crippen molar-refractivity contribution in [2.24, 2.45) is 0 Å². The van der Waals surface area contributed by atoms with Crippen LogP contribution < -0.4 is 0 Å². The minimum atomic E-state index is 0.0450. The summed E-state index contributed by atoms with van der Waals surface area (Å²) in [6.07, 6.45) is 3.37. The first-order chi connectivity index (χ1) is 8.79. The highest BCUT2D eigenvalue weighted by molar-refractivity contribution is 14.1. The van der Waals surface area contributed by atoms with E-state index in [0.717, 1.165) is 34.1 Å². The van der Waals surface area contributed by atoms with Crippen LogP contribution in [0.4, 0.5) is 5.69 Å². The Morgan fingerprint density at radius 2 is 2.33 bits per heavy atom. The predicted octanol–water partition coefficient (Wildman–Crippen LogP) is 3.89. The highest BCUT2D eigenvalue weighted by Crippen LogP contribution is 2.30. The minimum absolute atomic E-state index is 0.0450. The van der Waals surface area contributed by atoms with Gasteiger partial charge in [0.2, 0.25) is 0 Å². The summed E-state index contributed by atoms with van der Waals surface area (Å²) in [4.78, 5) is 3.46. The van der Waals surface area contributed by atoms with Crippen LogP contribution in [0.2, 0.25) is 0 Å². The number of nitrogens with zero attached hydrogens (tertiary/aromatic N) is 3. The molecule has 1 aromatic heterocycles. The zero-order chi connectivity index (χ0) is 12.5. The molecule has 0 amide bonds. The maximum absolute atomic E-state index is 7.06. The topological polar surface area (TPSA) is 31.4 Å². The SMILES string of the molecule is [C-]#[N+]c1ccc2c(c1)c(I)nn2C1CCCCO1. The number of rotatable bonds is 1. The molecule has 18 heavy (non-hydrogen) atoms. The van der Waals surface area contributed by atoms with E-state index < -0.39 is 0 Å². The molecule has 0 radical (unpaired) electrons. The summed E-state index contributed by atoms with van der Waals surface area (Å²) in [5.41, 5.74) is 1.71. The summed E-state index contributed by atoms with van der Waals surface area (Å²) < 4.78 is 8.67. The first kappa shape index (κ1) is 11.9. The number of ether oxygens (including phenoxy) is 1. The summed E-state index contributed by atoms with van der Waals surface area (Å²) in [6.45, 7) is 7.87. The second-order valence-electron chi connectivity index (χ2n) is 4.37. The van der Waals surface area contributed by atoms with Crippen LogP contribution in [0.25, 0.3) is 15.7 Å². The second kappa shape index (κ2) is 4.86. The Kier molecular flexibility index (Phi) is 3.22. The molecule has 0 bridgehead atoms. The van der Waals surface area contributed by atoms with E-state index in [1.165, 1.54) is 6.42 Å². The standard InChI is InChI=1S/C13H12IN3O/c1-15-9-5-6-11-10(8-9)13(14)16-17(11)12-4-2-3-7-18-12/h5-6,8,12H,2-4,7H2. The van der Waals surface area contributed by atoms with Crippen LogP contribution in [0.3, 0.4) is 0 Å². The Bertz CT molecular complexity index is 623. The van der Waals surface area contributed by atoms with Gasteiger partial charge in [0.15, 0.2) is 11.9 Å². The summed E-state index contributed by atoms with van der Waals surface area (Å²) in [5, 5.41) is 5.60. The van der Waals surface area contributed by atoms with Crippen molar-refractivity contribution >= 4 is 39.2 Å². The number of hydrogen-bond donors (Lipinski definition) is 0. The van der Waals surface area contributed by atoms with Crippen molar-refractivity contribution < 1.29 is 4.74 Å². The van der Waals surface area contributed by atoms with Crippen molar-refractivity contribution in [1.82, 2.24) is 9.78 Å². The molecule has 0 saturated carbocycles. The Labute approximate surface area is 119 Å². The molecule has 4 nitrogen and oxygen atoms in total. The number of halogens is 1. The lowest BCUT2D eigenvalue weighted by atomic mass is 10.2. The third-order valence-electron chi connectivity index (χ3n) is 3.20. The minimum Gasteiger partial charge on any atom is -0.356 e. The lowest BCUT2D eigenvalue weighted by molar-refractivity contribution is -0.0368. The summed E-state index contributed by atoms with van der Waals surface area (Å²) in [7, 11) is 0. The molecule has 0 aliphatic carbocycles. The molecule has 2 aromatic rings. The van der Waals surface area contributed by atoms with Crippen molar-refractivity contribution in [3.63, 3.8) is 0 Å². The molecule has 2 heterocycles. The van der Waals surface area contributed by atoms with Crippen LogP contribution in [0, 0.1) is 10.3 Å². The third kappa shape index (κ3) is 1.99. The van der Waals surface area contributed by atoms with E-state index in [-0.39, 0.29) is 6.23 Å². The molecule has 1 aromatic carbocycles. The highest BCUT2D eigenvalue weighted by atomic mass is 127. The number of hydrogen-bond acceptors (Lipinski definition) is 2. The van der Waals surface area contributed by atoms with Gasteiger partial charge in [0.05, 0.1) is 12.1 Å². The quantitative estimate of drug-likeness (QED) is 0.575. The van der Waals surface area contributed by atoms with Gasteiger partial charge in [-0.2, -0.15) is 5.10 Å². The van der Waals surface area contributed by atoms with Crippen molar-refractivity contribution in [2.45, 2.75) is 25.5 Å². The Morgan fingerprint density at radius 1 is 1.44 bits per heavy atom. The van der Waals surface area contributed by atoms with Crippen molar-refractivity contribution in [3.05, 3.63) is 33.3 Å². The van der Waals surface area contributed by atoms with Gasteiger partial charge in [-0.05, 0) is 54.0 Å². The fraction of sp³-hybridized carbons (Fsp3) is 0.385. The fourth-order valence-corrected chi connectivity index (χ4v) is 2.96. The van der Waals surface area contributed by atoms with Crippen LogP contribution in [0.1, 0.15) is 25.5 Å². The summed E-state index contributed by atoms with van der Waals surface area (Å²) >= 11 is 2.22. The number of benzene rings is 1. The van der Waals surface area contributed by atoms with E-state index in [1.807, 2.05) is 22.9 Å². The van der Waals surface area contributed by atoms with Gasteiger partial charge in [0, 0.05) is 12.0 Å². The first-order valence-electron chi connectivity index (χ1n) is 5.96. The molecule has 1 aliphatic rings. The molecule has 92 valence electrons. The van der Waals surface area contributed by atoms with E-state index in [2.05, 4.69) is 32.5 Å². The van der Waals surface area contributed by atoms with E-state index >= 15 is 0 Å². The monoisotopic (exact) mass is 353 g/mol. The van der Waals surface area contributed by atoms with Crippen LogP contribution in [-0.2, 0) is 4.74 Å². The van der Waals surface area contributed by atoms with E-state index in [4.69, 9.17) is 11.3 Å². The van der Waals surface area contributed by atoms with Gasteiger partial charge >= 0.3 is 0 Å². The number of aromatic nitrogens is 2. The molecule has 1 saturated heterocycles. The summed E-state index contributed by atoms with van der Waals surface area (Å²) in [5.74, 6) is 0. The smallest absolute Gasteiger partial charge is 0.188 e. The zero-order valence-electron chi connectivity index (χ0n) is 9.77. The fourth-order valence-electron chi connectivity index (χ4n) is 2.30. The molecule has 0 spiro atoms. The van der Waals surface area contributed by atoms with Crippen LogP contribution >= 0.6 is 22.6 Å². The largest absolute Gasteiger partial charge is 0.356 e. The van der Waals surface area contributed by atoms with E-state index in [9.17, 15) is 0 Å². The van der Waals surface area contributed by atoms with Gasteiger partial charge < -0.3 is 4.74 Å². The van der Waals surface area contributed by atoms with Gasteiger partial charge in [-0.15, -0.1) is 0 Å². The molecule has 1 fully saturated rings. The molecule has 1 unspecified atom stereocenters. The molecule has 1 aliphatic heterocycles. The average molecular weight is 353 g/mol. The lowest BCUT2D eigenvalue weighted by Crippen LogP contribution is -2.19. The zero-order valence-corrected chi connectivity index (χ0v) is 11.9. The first-order valence-corrected chi connectivity index (χ1v) is 7.04. The maximum Gasteiger partial charge on any atom is 0.188 e. The summed E-state index contributed by atoms with van der Waals surface area (Å²) in [6, 6.07) is 5.71. The molecular weight excluding hydrogens is 341 g/mol. The van der Waals surface area contributed by atoms with E-state index in [1.54, 1.807) is 0 Å². The molecule has 0 N–H and O–H groups in total. The van der Waals surface area contributed by atoms with Crippen molar-refractivity contribution in [2.75, 3.05) is 6.61 Å². The Balaban J connectivity index is 2.10. The van der Waals surface area contributed by atoms with Gasteiger partial charge in [-0.25, -0.2) is 9.53 Å². The Morgan fingerprint density at radius 3 is 3.06 bits per heavy atom. The second-order valence-corrected chi connectivity index (χ2v) is 5.39. The molecule has 1 atom stereocenters. The van der Waals surface area contributed by atoms with Crippen LogP contribution in [0.15, 0.2) is 18.2 Å². The Hall–Kier alpha value is -1.13. The van der Waals surface area contributed by atoms with Gasteiger partial charge in [0.25, 0.3) is 0 Å². The predicted molar refractivity (Wildman–Crippen MR) is 77.6 cm³/mol. The highest BCUT2D eigenvalue weighted by Gasteiger charge is 2.20. The van der Waals surface area contributed by atoms with Crippen LogP contribution in [-0.4, -0.2) is 16.4 Å². The van der Waals surface area contributed by atoms with Gasteiger partial charge in [0.1, 0.15) is 3.70 Å². The normalized spacial score (nSPS) is 19.9. The molecule has 3 rings (SSSR count). The van der Waals surface area contributed by atoms with Gasteiger partial charge in [-0.1, -0.05) is 6.07 Å². The van der Waals surface area contributed by atoms with Gasteiger partial charge in [-0.3, -0.25) is 0 Å². The molecular formula is C13H12IN3O. The van der Waals surface area contributed by atoms with E-state index in [0.29, 0.717) is 5.69 Å². The molecule has 5 heteroatoms. The van der Waals surface area contributed by atoms with Crippen molar-refractivity contribution in [1.29, 1.82) is 0 Å². The lowest BCUT2D eigenvalue weighted by Gasteiger charge is -2.23. The number of fused-ring (bicyclic) bond motifs is 1. The third-order valence-corrected chi connectivity index (χ3v) is 4.00. The average Bonchev–Trinajstić information content (AvgIpc) is 2.77. The maximum atomic E-state index is 7.06. The van der Waals surface area contributed by atoms with Crippen molar-refractivity contribution in [3.8, 4) is 0 Å².